The summed E-state index contributed by atoms with van der Waals surface area (Å²) in [5, 5.41) is 7.01. The summed E-state index contributed by atoms with van der Waals surface area (Å²) in [6.07, 6.45) is 1.70. The van der Waals surface area contributed by atoms with Crippen LogP contribution in [-0.2, 0) is 6.42 Å². The fourth-order valence-corrected chi connectivity index (χ4v) is 2.61. The summed E-state index contributed by atoms with van der Waals surface area (Å²) >= 11 is 0. The van der Waals surface area contributed by atoms with Crippen molar-refractivity contribution in [3.8, 4) is 0 Å². The van der Waals surface area contributed by atoms with Crippen molar-refractivity contribution in [2.75, 3.05) is 0 Å². The predicted octanol–water partition coefficient (Wildman–Crippen LogP) is 2.83. The lowest BCUT2D eigenvalue weighted by Crippen LogP contribution is -2.27. The SMILES string of the molecule is CCc1noc(C)c1C(=O)N[C@H]1C[C@H]1c1ccccc1. The van der Waals surface area contributed by atoms with Crippen LogP contribution < -0.4 is 5.32 Å². The third-order valence-electron chi connectivity index (χ3n) is 3.83. The van der Waals surface area contributed by atoms with Crippen LogP contribution in [0.2, 0.25) is 0 Å². The molecule has 1 aromatic heterocycles. The third kappa shape index (κ3) is 2.33. The van der Waals surface area contributed by atoms with Crippen LogP contribution in [0.1, 0.15) is 46.6 Å². The van der Waals surface area contributed by atoms with Crippen LogP contribution in [0.4, 0.5) is 0 Å². The Morgan fingerprint density at radius 2 is 2.15 bits per heavy atom. The molecule has 1 heterocycles. The van der Waals surface area contributed by atoms with Gasteiger partial charge in [-0.3, -0.25) is 4.79 Å². The number of nitrogens with one attached hydrogen (secondary N) is 1. The summed E-state index contributed by atoms with van der Waals surface area (Å²) in [6.45, 7) is 3.75. The molecular weight excluding hydrogens is 252 g/mol. The first-order chi connectivity index (χ1) is 9.70. The highest BCUT2D eigenvalue weighted by Gasteiger charge is 2.40. The predicted molar refractivity (Wildman–Crippen MR) is 75.7 cm³/mol. The summed E-state index contributed by atoms with van der Waals surface area (Å²) in [5.74, 6) is 0.964. The number of aromatic nitrogens is 1. The maximum atomic E-state index is 12.3. The average molecular weight is 270 g/mol. The number of aryl methyl sites for hydroxylation is 2. The van der Waals surface area contributed by atoms with Crippen molar-refractivity contribution in [2.24, 2.45) is 0 Å². The number of nitrogens with zero attached hydrogens (tertiary/aromatic N) is 1. The van der Waals surface area contributed by atoms with Crippen molar-refractivity contribution in [1.82, 2.24) is 10.5 Å². The van der Waals surface area contributed by atoms with Crippen molar-refractivity contribution in [3.05, 3.63) is 52.9 Å². The summed E-state index contributed by atoms with van der Waals surface area (Å²) in [6, 6.07) is 10.5. The molecule has 0 bridgehead atoms. The molecule has 1 amide bonds. The van der Waals surface area contributed by atoms with Gasteiger partial charge in [0, 0.05) is 12.0 Å². The van der Waals surface area contributed by atoms with Crippen LogP contribution in [0.25, 0.3) is 0 Å². The molecule has 2 aromatic rings. The third-order valence-corrected chi connectivity index (χ3v) is 3.83. The maximum absolute atomic E-state index is 12.3. The van der Waals surface area contributed by atoms with E-state index in [1.165, 1.54) is 5.56 Å². The highest BCUT2D eigenvalue weighted by Crippen LogP contribution is 2.40. The lowest BCUT2D eigenvalue weighted by atomic mass is 10.1. The highest BCUT2D eigenvalue weighted by atomic mass is 16.5. The first kappa shape index (κ1) is 12.9. The summed E-state index contributed by atoms with van der Waals surface area (Å²) in [7, 11) is 0. The lowest BCUT2D eigenvalue weighted by Gasteiger charge is -2.05. The van der Waals surface area contributed by atoms with Crippen LogP contribution >= 0.6 is 0 Å². The molecule has 0 unspecified atom stereocenters. The van der Waals surface area contributed by atoms with E-state index in [9.17, 15) is 4.79 Å². The van der Waals surface area contributed by atoms with E-state index in [-0.39, 0.29) is 11.9 Å². The standard InChI is InChI=1S/C16H18N2O2/c1-3-13-15(10(2)20-18-13)16(19)17-14-9-12(14)11-7-5-4-6-8-11/h4-8,12,14H,3,9H2,1-2H3,(H,17,19)/t12-,14-/m0/s1. The molecule has 1 aromatic carbocycles. The first-order valence-corrected chi connectivity index (χ1v) is 7.01. The molecule has 4 heteroatoms. The number of carbonyl (C=O) groups is 1. The van der Waals surface area contributed by atoms with E-state index in [1.54, 1.807) is 6.92 Å². The molecule has 3 rings (SSSR count). The normalized spacial score (nSPS) is 20.7. The summed E-state index contributed by atoms with van der Waals surface area (Å²) < 4.78 is 5.11. The zero-order chi connectivity index (χ0) is 14.1. The van der Waals surface area contributed by atoms with E-state index in [0.29, 0.717) is 23.7 Å². The molecule has 0 spiro atoms. The van der Waals surface area contributed by atoms with Crippen molar-refractivity contribution < 1.29 is 9.32 Å². The van der Waals surface area contributed by atoms with Gasteiger partial charge in [0.1, 0.15) is 11.3 Å². The fourth-order valence-electron chi connectivity index (χ4n) is 2.61. The minimum atomic E-state index is -0.0657. The second-order valence-corrected chi connectivity index (χ2v) is 5.25. The zero-order valence-corrected chi connectivity index (χ0v) is 11.7. The van der Waals surface area contributed by atoms with Crippen LogP contribution in [0, 0.1) is 6.92 Å². The highest BCUT2D eigenvalue weighted by molar-refractivity contribution is 5.96. The topological polar surface area (TPSA) is 55.1 Å². The van der Waals surface area contributed by atoms with E-state index < -0.39 is 0 Å². The molecule has 104 valence electrons. The maximum Gasteiger partial charge on any atom is 0.257 e. The number of benzene rings is 1. The van der Waals surface area contributed by atoms with Crippen LogP contribution in [-0.4, -0.2) is 17.1 Å². The molecule has 1 aliphatic carbocycles. The Morgan fingerprint density at radius 3 is 2.85 bits per heavy atom. The second kappa shape index (κ2) is 5.12. The Labute approximate surface area is 118 Å². The minimum absolute atomic E-state index is 0.0657. The Hall–Kier alpha value is -2.10. The van der Waals surface area contributed by atoms with Crippen molar-refractivity contribution >= 4 is 5.91 Å². The smallest absolute Gasteiger partial charge is 0.257 e. The van der Waals surface area contributed by atoms with Gasteiger partial charge in [-0.05, 0) is 25.3 Å². The molecule has 4 nitrogen and oxygen atoms in total. The quantitative estimate of drug-likeness (QED) is 0.929. The van der Waals surface area contributed by atoms with Crippen LogP contribution in [0.5, 0.6) is 0 Å². The van der Waals surface area contributed by atoms with Gasteiger partial charge in [0.05, 0.1) is 5.69 Å². The Morgan fingerprint density at radius 1 is 1.40 bits per heavy atom. The minimum Gasteiger partial charge on any atom is -0.361 e. The van der Waals surface area contributed by atoms with Gasteiger partial charge in [-0.1, -0.05) is 42.4 Å². The van der Waals surface area contributed by atoms with Gasteiger partial charge < -0.3 is 9.84 Å². The molecule has 0 saturated heterocycles. The molecule has 0 aliphatic heterocycles. The number of hydrogen-bond donors (Lipinski definition) is 1. The van der Waals surface area contributed by atoms with Crippen LogP contribution in [0.3, 0.4) is 0 Å². The zero-order valence-electron chi connectivity index (χ0n) is 11.7. The Balaban J connectivity index is 1.68. The Kier molecular flexibility index (Phi) is 3.30. The summed E-state index contributed by atoms with van der Waals surface area (Å²) in [5.41, 5.74) is 2.62. The van der Waals surface area contributed by atoms with Gasteiger partial charge >= 0.3 is 0 Å². The van der Waals surface area contributed by atoms with Gasteiger partial charge in [0.15, 0.2) is 0 Å². The summed E-state index contributed by atoms with van der Waals surface area (Å²) in [4.78, 5) is 12.3. The fraction of sp³-hybridized carbons (Fsp3) is 0.375. The monoisotopic (exact) mass is 270 g/mol. The Bertz CT molecular complexity index is 619. The number of carbonyl (C=O) groups excluding carboxylic acids is 1. The van der Waals surface area contributed by atoms with E-state index in [4.69, 9.17) is 4.52 Å². The van der Waals surface area contributed by atoms with E-state index in [1.807, 2.05) is 25.1 Å². The molecule has 1 aliphatic rings. The van der Waals surface area contributed by atoms with Gasteiger partial charge in [0.2, 0.25) is 0 Å². The molecule has 20 heavy (non-hydrogen) atoms. The van der Waals surface area contributed by atoms with Gasteiger partial charge in [-0.25, -0.2) is 0 Å². The van der Waals surface area contributed by atoms with E-state index in [2.05, 4.69) is 22.6 Å². The average Bonchev–Trinajstić information content (AvgIpc) is 3.12. The molecule has 1 saturated carbocycles. The number of amides is 1. The largest absolute Gasteiger partial charge is 0.361 e. The van der Waals surface area contributed by atoms with E-state index in [0.717, 1.165) is 12.1 Å². The number of rotatable bonds is 4. The van der Waals surface area contributed by atoms with Gasteiger partial charge in [-0.2, -0.15) is 0 Å². The molecule has 0 radical (unpaired) electrons. The lowest BCUT2D eigenvalue weighted by molar-refractivity contribution is 0.0948. The molecule has 2 atom stereocenters. The van der Waals surface area contributed by atoms with E-state index >= 15 is 0 Å². The van der Waals surface area contributed by atoms with Crippen molar-refractivity contribution in [3.63, 3.8) is 0 Å². The molecule has 1 N–H and O–H groups in total. The van der Waals surface area contributed by atoms with Gasteiger partial charge in [0.25, 0.3) is 5.91 Å². The van der Waals surface area contributed by atoms with Gasteiger partial charge in [-0.15, -0.1) is 0 Å². The van der Waals surface area contributed by atoms with Crippen molar-refractivity contribution in [1.29, 1.82) is 0 Å². The molecule has 1 fully saturated rings. The number of hydrogen-bond acceptors (Lipinski definition) is 3. The second-order valence-electron chi connectivity index (χ2n) is 5.25. The van der Waals surface area contributed by atoms with Crippen molar-refractivity contribution in [2.45, 2.75) is 38.6 Å². The first-order valence-electron chi connectivity index (χ1n) is 7.01. The molecular formula is C16H18N2O2. The van der Waals surface area contributed by atoms with Crippen LogP contribution in [0.15, 0.2) is 34.9 Å².